The summed E-state index contributed by atoms with van der Waals surface area (Å²) in [6.45, 7) is 3.61. The third-order valence-electron chi connectivity index (χ3n) is 2.78. The minimum Gasteiger partial charge on any atom is -0.497 e. The highest BCUT2D eigenvalue weighted by Crippen LogP contribution is 2.17. The molecular weight excluding hydrogens is 230 g/mol. The van der Waals surface area contributed by atoms with Gasteiger partial charge in [-0.05, 0) is 38.0 Å². The van der Waals surface area contributed by atoms with Crippen molar-refractivity contribution in [2.45, 2.75) is 38.8 Å². The number of aliphatic hydroxyl groups excluding tert-OH is 1. The van der Waals surface area contributed by atoms with Gasteiger partial charge in [0.2, 0.25) is 5.91 Å². The highest BCUT2D eigenvalue weighted by Gasteiger charge is 2.10. The molecular formula is C14H21NO3. The minimum absolute atomic E-state index is 0.0424. The molecule has 0 aliphatic heterocycles. The van der Waals surface area contributed by atoms with Gasteiger partial charge in [-0.15, -0.1) is 0 Å². The van der Waals surface area contributed by atoms with Crippen molar-refractivity contribution in [3.05, 3.63) is 29.8 Å². The zero-order valence-corrected chi connectivity index (χ0v) is 11.1. The third-order valence-corrected chi connectivity index (χ3v) is 2.78. The summed E-state index contributed by atoms with van der Waals surface area (Å²) in [5, 5.41) is 12.0. The molecule has 1 aromatic carbocycles. The predicted octanol–water partition coefficient (Wildman–Crippen LogP) is 2.03. The molecule has 0 spiro atoms. The number of rotatable bonds is 6. The van der Waals surface area contributed by atoms with Gasteiger partial charge in [-0.1, -0.05) is 12.1 Å². The Bertz CT molecular complexity index is 373. The first kappa shape index (κ1) is 14.5. The summed E-state index contributed by atoms with van der Waals surface area (Å²) >= 11 is 0. The molecule has 1 rings (SSSR count). The Balaban J connectivity index is 2.48. The van der Waals surface area contributed by atoms with Crippen LogP contribution in [-0.4, -0.2) is 24.2 Å². The zero-order chi connectivity index (χ0) is 13.5. The van der Waals surface area contributed by atoms with Crippen molar-refractivity contribution in [2.24, 2.45) is 0 Å². The number of hydrogen-bond donors (Lipinski definition) is 2. The fraction of sp³-hybridized carbons (Fsp3) is 0.500. The number of benzene rings is 1. The van der Waals surface area contributed by atoms with E-state index in [1.165, 1.54) is 0 Å². The molecule has 100 valence electrons. The standard InChI is InChI=1S/C14H21NO3/c1-10(16)4-9-14(17)15-11(2)12-5-7-13(18-3)8-6-12/h5-8,10-11,16H,4,9H2,1-3H3,(H,15,17)/t10?,11-/m0/s1. The van der Waals surface area contributed by atoms with Crippen molar-refractivity contribution < 1.29 is 14.6 Å². The second-order valence-electron chi connectivity index (χ2n) is 4.45. The van der Waals surface area contributed by atoms with Gasteiger partial charge in [-0.3, -0.25) is 4.79 Å². The van der Waals surface area contributed by atoms with Gasteiger partial charge in [-0.2, -0.15) is 0 Å². The summed E-state index contributed by atoms with van der Waals surface area (Å²) in [5.41, 5.74) is 1.03. The lowest BCUT2D eigenvalue weighted by Gasteiger charge is -2.15. The molecule has 0 aromatic heterocycles. The molecule has 1 unspecified atom stereocenters. The monoisotopic (exact) mass is 251 g/mol. The summed E-state index contributed by atoms with van der Waals surface area (Å²) < 4.78 is 5.08. The van der Waals surface area contributed by atoms with Gasteiger partial charge >= 0.3 is 0 Å². The van der Waals surface area contributed by atoms with Gasteiger partial charge in [0.05, 0.1) is 19.3 Å². The average Bonchev–Trinajstić information content (AvgIpc) is 2.36. The van der Waals surface area contributed by atoms with Crippen LogP contribution >= 0.6 is 0 Å². The first-order valence-electron chi connectivity index (χ1n) is 6.14. The van der Waals surface area contributed by atoms with Gasteiger partial charge in [0, 0.05) is 6.42 Å². The summed E-state index contributed by atoms with van der Waals surface area (Å²) in [6.07, 6.45) is 0.395. The summed E-state index contributed by atoms with van der Waals surface area (Å²) in [7, 11) is 1.62. The smallest absolute Gasteiger partial charge is 0.220 e. The largest absolute Gasteiger partial charge is 0.497 e. The lowest BCUT2D eigenvalue weighted by atomic mass is 10.1. The topological polar surface area (TPSA) is 58.6 Å². The lowest BCUT2D eigenvalue weighted by Crippen LogP contribution is -2.27. The Hall–Kier alpha value is -1.55. The van der Waals surface area contributed by atoms with Crippen LogP contribution in [0.2, 0.25) is 0 Å². The van der Waals surface area contributed by atoms with E-state index < -0.39 is 6.10 Å². The highest BCUT2D eigenvalue weighted by atomic mass is 16.5. The molecule has 1 aromatic rings. The van der Waals surface area contributed by atoms with Crippen LogP contribution in [0.4, 0.5) is 0 Å². The first-order valence-corrected chi connectivity index (χ1v) is 6.14. The van der Waals surface area contributed by atoms with Crippen LogP contribution in [0.25, 0.3) is 0 Å². The summed E-state index contributed by atoms with van der Waals surface area (Å²) in [5.74, 6) is 0.755. The van der Waals surface area contributed by atoms with Crippen LogP contribution in [0.15, 0.2) is 24.3 Å². The fourth-order valence-electron chi connectivity index (χ4n) is 1.63. The van der Waals surface area contributed by atoms with Gasteiger partial charge < -0.3 is 15.2 Å². The molecule has 2 atom stereocenters. The molecule has 0 aliphatic rings. The summed E-state index contributed by atoms with van der Waals surface area (Å²) in [6, 6.07) is 7.55. The molecule has 4 nitrogen and oxygen atoms in total. The maximum Gasteiger partial charge on any atom is 0.220 e. The number of carbonyl (C=O) groups is 1. The van der Waals surface area contributed by atoms with E-state index in [0.29, 0.717) is 12.8 Å². The van der Waals surface area contributed by atoms with Crippen molar-refractivity contribution in [1.82, 2.24) is 5.32 Å². The average molecular weight is 251 g/mol. The molecule has 0 saturated heterocycles. The number of nitrogens with one attached hydrogen (secondary N) is 1. The van der Waals surface area contributed by atoms with Crippen molar-refractivity contribution >= 4 is 5.91 Å². The maximum absolute atomic E-state index is 11.6. The summed E-state index contributed by atoms with van der Waals surface area (Å²) in [4.78, 5) is 11.6. The van der Waals surface area contributed by atoms with E-state index in [1.54, 1.807) is 14.0 Å². The zero-order valence-electron chi connectivity index (χ0n) is 11.1. The number of amides is 1. The van der Waals surface area contributed by atoms with Gasteiger partial charge in [-0.25, -0.2) is 0 Å². The molecule has 0 bridgehead atoms. The molecule has 1 amide bonds. The normalized spacial score (nSPS) is 13.8. The third kappa shape index (κ3) is 4.75. The van der Waals surface area contributed by atoms with E-state index in [-0.39, 0.29) is 11.9 Å². The molecule has 0 aliphatic carbocycles. The van der Waals surface area contributed by atoms with Crippen molar-refractivity contribution in [2.75, 3.05) is 7.11 Å². The quantitative estimate of drug-likeness (QED) is 0.813. The number of aliphatic hydroxyl groups is 1. The molecule has 2 N–H and O–H groups in total. The molecule has 0 radical (unpaired) electrons. The SMILES string of the molecule is COc1ccc([C@H](C)NC(=O)CCC(C)O)cc1. The Morgan fingerprint density at radius 3 is 2.44 bits per heavy atom. The van der Waals surface area contributed by atoms with Crippen molar-refractivity contribution in [1.29, 1.82) is 0 Å². The Morgan fingerprint density at radius 2 is 1.94 bits per heavy atom. The fourth-order valence-corrected chi connectivity index (χ4v) is 1.63. The molecule has 0 heterocycles. The Morgan fingerprint density at radius 1 is 1.33 bits per heavy atom. The van der Waals surface area contributed by atoms with Crippen LogP contribution in [0, 0.1) is 0 Å². The van der Waals surface area contributed by atoms with Gasteiger partial charge in [0.1, 0.15) is 5.75 Å². The van der Waals surface area contributed by atoms with Crippen LogP contribution < -0.4 is 10.1 Å². The number of ether oxygens (including phenoxy) is 1. The van der Waals surface area contributed by atoms with E-state index >= 15 is 0 Å². The van der Waals surface area contributed by atoms with Gasteiger partial charge in [0.25, 0.3) is 0 Å². The number of hydrogen-bond acceptors (Lipinski definition) is 3. The van der Waals surface area contributed by atoms with E-state index in [9.17, 15) is 4.79 Å². The van der Waals surface area contributed by atoms with E-state index in [1.807, 2.05) is 31.2 Å². The van der Waals surface area contributed by atoms with Crippen LogP contribution in [0.5, 0.6) is 5.75 Å². The Kier molecular flexibility index (Phi) is 5.65. The predicted molar refractivity (Wildman–Crippen MR) is 70.5 cm³/mol. The van der Waals surface area contributed by atoms with Crippen molar-refractivity contribution in [3.8, 4) is 5.75 Å². The first-order chi connectivity index (χ1) is 8.52. The number of carbonyl (C=O) groups excluding carboxylic acids is 1. The van der Waals surface area contributed by atoms with E-state index in [2.05, 4.69) is 5.32 Å². The molecule has 18 heavy (non-hydrogen) atoms. The van der Waals surface area contributed by atoms with Crippen LogP contribution in [0.3, 0.4) is 0 Å². The highest BCUT2D eigenvalue weighted by molar-refractivity contribution is 5.76. The van der Waals surface area contributed by atoms with Crippen molar-refractivity contribution in [3.63, 3.8) is 0 Å². The molecule has 4 heteroatoms. The number of methoxy groups -OCH3 is 1. The van der Waals surface area contributed by atoms with E-state index in [4.69, 9.17) is 9.84 Å². The Labute approximate surface area is 108 Å². The lowest BCUT2D eigenvalue weighted by molar-refractivity contribution is -0.122. The molecule has 0 fully saturated rings. The minimum atomic E-state index is -0.438. The molecule has 0 saturated carbocycles. The van der Waals surface area contributed by atoms with Crippen LogP contribution in [0.1, 0.15) is 38.3 Å². The van der Waals surface area contributed by atoms with Crippen LogP contribution in [-0.2, 0) is 4.79 Å². The van der Waals surface area contributed by atoms with E-state index in [0.717, 1.165) is 11.3 Å². The second kappa shape index (κ2) is 7.01. The van der Waals surface area contributed by atoms with Gasteiger partial charge in [0.15, 0.2) is 0 Å². The second-order valence-corrected chi connectivity index (χ2v) is 4.45. The maximum atomic E-state index is 11.6.